The number of hydrogen-bond acceptors (Lipinski definition) is 5. The smallest absolute Gasteiger partial charge is 0.312 e. The van der Waals surface area contributed by atoms with E-state index in [-0.39, 0.29) is 29.7 Å². The van der Waals surface area contributed by atoms with Crippen molar-refractivity contribution in [1.29, 1.82) is 0 Å². The molecule has 0 unspecified atom stereocenters. The van der Waals surface area contributed by atoms with E-state index in [1.807, 2.05) is 25.1 Å². The van der Waals surface area contributed by atoms with E-state index < -0.39 is 5.41 Å². The highest BCUT2D eigenvalue weighted by atomic mass is 16.5. The van der Waals surface area contributed by atoms with E-state index in [4.69, 9.17) is 9.47 Å². The van der Waals surface area contributed by atoms with Gasteiger partial charge >= 0.3 is 11.9 Å². The van der Waals surface area contributed by atoms with Crippen molar-refractivity contribution in [3.63, 3.8) is 0 Å². The first-order chi connectivity index (χ1) is 11.9. The first-order valence-electron chi connectivity index (χ1n) is 8.75. The average molecular weight is 344 g/mol. The molecule has 0 bridgehead atoms. The summed E-state index contributed by atoms with van der Waals surface area (Å²) in [5.41, 5.74) is 1.64. The predicted molar refractivity (Wildman–Crippen MR) is 91.2 cm³/mol. The minimum Gasteiger partial charge on any atom is -0.469 e. The molecule has 0 aromatic heterocycles. The summed E-state index contributed by atoms with van der Waals surface area (Å²) in [6.45, 7) is 3.24. The zero-order chi connectivity index (χ0) is 18.2. The normalized spacial score (nSPS) is 30.6. The molecule has 2 aliphatic rings. The molecule has 1 aromatic carbocycles. The van der Waals surface area contributed by atoms with Crippen molar-refractivity contribution in [1.82, 2.24) is 0 Å². The first-order valence-corrected chi connectivity index (χ1v) is 8.75. The van der Waals surface area contributed by atoms with Gasteiger partial charge in [0, 0.05) is 12.8 Å². The van der Waals surface area contributed by atoms with Crippen LogP contribution in [0.15, 0.2) is 18.2 Å². The van der Waals surface area contributed by atoms with Crippen molar-refractivity contribution < 1.29 is 23.9 Å². The fourth-order valence-electron chi connectivity index (χ4n) is 4.76. The predicted octanol–water partition coefficient (Wildman–Crippen LogP) is 3.05. The lowest BCUT2D eigenvalue weighted by molar-refractivity contribution is -0.162. The van der Waals surface area contributed by atoms with E-state index in [0.717, 1.165) is 25.5 Å². The van der Waals surface area contributed by atoms with Gasteiger partial charge in [0.25, 0.3) is 0 Å². The Bertz CT molecular complexity index is 710. The Morgan fingerprint density at radius 2 is 2.04 bits per heavy atom. The lowest BCUT2D eigenvalue weighted by atomic mass is 9.55. The third-order valence-electron chi connectivity index (χ3n) is 6.01. The van der Waals surface area contributed by atoms with Crippen molar-refractivity contribution in [3.05, 3.63) is 29.3 Å². The van der Waals surface area contributed by atoms with E-state index in [1.54, 1.807) is 0 Å². The topological polar surface area (TPSA) is 69.7 Å². The number of hydrogen-bond donors (Lipinski definition) is 0. The van der Waals surface area contributed by atoms with Crippen LogP contribution in [-0.4, -0.2) is 25.3 Å². The van der Waals surface area contributed by atoms with Gasteiger partial charge in [0.2, 0.25) is 0 Å². The van der Waals surface area contributed by atoms with Crippen molar-refractivity contribution in [2.24, 2.45) is 17.3 Å². The zero-order valence-corrected chi connectivity index (χ0v) is 14.9. The Labute approximate surface area is 147 Å². The van der Waals surface area contributed by atoms with Crippen LogP contribution in [0.3, 0.4) is 0 Å². The van der Waals surface area contributed by atoms with Gasteiger partial charge in [-0.05, 0) is 67.7 Å². The Hall–Kier alpha value is -2.17. The van der Waals surface area contributed by atoms with Crippen LogP contribution >= 0.6 is 0 Å². The second-order valence-corrected chi connectivity index (χ2v) is 7.37. The van der Waals surface area contributed by atoms with Gasteiger partial charge in [-0.25, -0.2) is 0 Å². The Balaban J connectivity index is 1.92. The molecule has 3 rings (SSSR count). The van der Waals surface area contributed by atoms with Crippen LogP contribution in [0.2, 0.25) is 0 Å². The van der Waals surface area contributed by atoms with E-state index in [9.17, 15) is 14.4 Å². The van der Waals surface area contributed by atoms with Gasteiger partial charge in [0.1, 0.15) is 12.0 Å². The lowest BCUT2D eigenvalue weighted by Crippen LogP contribution is -2.48. The molecule has 1 aromatic rings. The summed E-state index contributed by atoms with van der Waals surface area (Å²) in [6, 6.07) is 5.75. The van der Waals surface area contributed by atoms with Crippen LogP contribution in [0.25, 0.3) is 0 Å². The summed E-state index contributed by atoms with van der Waals surface area (Å²) < 4.78 is 10.2. The van der Waals surface area contributed by atoms with Gasteiger partial charge < -0.3 is 14.3 Å². The van der Waals surface area contributed by atoms with Crippen molar-refractivity contribution in [2.75, 3.05) is 7.11 Å². The number of esters is 2. The molecule has 134 valence electrons. The van der Waals surface area contributed by atoms with Crippen LogP contribution in [0.4, 0.5) is 0 Å². The summed E-state index contributed by atoms with van der Waals surface area (Å²) >= 11 is 0. The van der Waals surface area contributed by atoms with Crippen molar-refractivity contribution in [2.45, 2.75) is 45.4 Å². The van der Waals surface area contributed by atoms with Gasteiger partial charge in [-0.3, -0.25) is 9.59 Å². The van der Waals surface area contributed by atoms with Gasteiger partial charge in [-0.2, -0.15) is 0 Å². The Morgan fingerprint density at radius 1 is 1.28 bits per heavy atom. The number of carbonyl (C=O) groups excluding carboxylic acids is 3. The Morgan fingerprint density at radius 3 is 2.68 bits per heavy atom. The number of carbonyl (C=O) groups is 3. The maximum atomic E-state index is 12.3. The number of methoxy groups -OCH3 is 1. The van der Waals surface area contributed by atoms with E-state index in [2.05, 4.69) is 0 Å². The van der Waals surface area contributed by atoms with Crippen molar-refractivity contribution in [3.8, 4) is 5.75 Å². The van der Waals surface area contributed by atoms with Gasteiger partial charge in [0.15, 0.2) is 0 Å². The standard InChI is InChI=1S/C20H24O5/c1-12(22)25-14-5-7-15-13(10-14)4-6-17-16(15)8-9-20(2,18(17)11-21)19(23)24-3/h5,7,10-11,16-18H,4,6,8-9H2,1-3H3/t16-,17-,18+,20+/m0/s1. The molecular weight excluding hydrogens is 320 g/mol. The Kier molecular flexibility index (Phi) is 4.67. The molecule has 5 heteroatoms. The molecule has 5 nitrogen and oxygen atoms in total. The maximum absolute atomic E-state index is 12.3. The molecular formula is C20H24O5. The second-order valence-electron chi connectivity index (χ2n) is 7.37. The highest BCUT2D eigenvalue weighted by molar-refractivity contribution is 5.81. The molecule has 0 N–H and O–H groups in total. The maximum Gasteiger partial charge on any atom is 0.312 e. The number of ether oxygens (including phenoxy) is 2. The molecule has 0 radical (unpaired) electrons. The van der Waals surface area contributed by atoms with Crippen LogP contribution in [-0.2, 0) is 25.5 Å². The number of benzene rings is 1. The van der Waals surface area contributed by atoms with Gasteiger partial charge in [-0.1, -0.05) is 6.07 Å². The van der Waals surface area contributed by atoms with Crippen LogP contribution in [0.1, 0.15) is 50.2 Å². The third kappa shape index (κ3) is 2.96. The molecule has 0 aliphatic heterocycles. The lowest BCUT2D eigenvalue weighted by Gasteiger charge is -2.48. The summed E-state index contributed by atoms with van der Waals surface area (Å²) in [4.78, 5) is 35.3. The molecule has 2 aliphatic carbocycles. The van der Waals surface area contributed by atoms with E-state index in [0.29, 0.717) is 12.2 Å². The van der Waals surface area contributed by atoms with Gasteiger partial charge in [-0.15, -0.1) is 0 Å². The minimum absolute atomic E-state index is 0.141. The van der Waals surface area contributed by atoms with Crippen LogP contribution in [0.5, 0.6) is 5.75 Å². The summed E-state index contributed by atoms with van der Waals surface area (Å²) in [5.74, 6) is -0.00227. The molecule has 1 fully saturated rings. The quantitative estimate of drug-likeness (QED) is 0.479. The second kappa shape index (κ2) is 6.62. The number of aldehydes is 1. The van der Waals surface area contributed by atoms with Crippen LogP contribution < -0.4 is 4.74 Å². The molecule has 25 heavy (non-hydrogen) atoms. The number of aryl methyl sites for hydroxylation is 1. The zero-order valence-electron chi connectivity index (χ0n) is 14.9. The van der Waals surface area contributed by atoms with E-state index in [1.165, 1.54) is 25.2 Å². The van der Waals surface area contributed by atoms with Gasteiger partial charge in [0.05, 0.1) is 12.5 Å². The third-order valence-corrected chi connectivity index (χ3v) is 6.01. The molecule has 0 amide bonds. The monoisotopic (exact) mass is 344 g/mol. The summed E-state index contributed by atoms with van der Waals surface area (Å²) in [7, 11) is 1.38. The largest absolute Gasteiger partial charge is 0.469 e. The SMILES string of the molecule is COC(=O)[C@]1(C)CC[C@H]2c3ccc(OC(C)=O)cc3CC[C@@H]2[C@H]1C=O. The molecule has 1 saturated carbocycles. The minimum atomic E-state index is -0.743. The fourth-order valence-corrected chi connectivity index (χ4v) is 4.76. The molecule has 0 spiro atoms. The highest BCUT2D eigenvalue weighted by Gasteiger charge is 2.52. The molecule has 0 heterocycles. The van der Waals surface area contributed by atoms with Crippen LogP contribution in [0, 0.1) is 17.3 Å². The number of rotatable bonds is 3. The molecule has 4 atom stereocenters. The first kappa shape index (κ1) is 17.6. The summed E-state index contributed by atoms with van der Waals surface area (Å²) in [6.07, 6.45) is 4.09. The van der Waals surface area contributed by atoms with Crippen molar-refractivity contribution >= 4 is 18.2 Å². The average Bonchev–Trinajstić information content (AvgIpc) is 2.59. The van der Waals surface area contributed by atoms with E-state index >= 15 is 0 Å². The summed E-state index contributed by atoms with van der Waals surface area (Å²) in [5, 5.41) is 0. The molecule has 0 saturated heterocycles. The highest BCUT2D eigenvalue weighted by Crippen LogP contribution is 2.54. The number of fused-ring (bicyclic) bond motifs is 3. The fraction of sp³-hybridized carbons (Fsp3) is 0.550.